The fourth-order valence-electron chi connectivity index (χ4n) is 2.36. The first-order chi connectivity index (χ1) is 12.2. The van der Waals surface area contributed by atoms with Crippen LogP contribution >= 0.6 is 0 Å². The van der Waals surface area contributed by atoms with Gasteiger partial charge in [0.2, 0.25) is 17.2 Å². The number of hydrogen-bond acceptors (Lipinski definition) is 2. The summed E-state index contributed by atoms with van der Waals surface area (Å²) >= 11 is 0. The highest BCUT2D eigenvalue weighted by Crippen LogP contribution is 2.27. The first-order valence-corrected chi connectivity index (χ1v) is 7.71. The van der Waals surface area contributed by atoms with E-state index in [1.165, 1.54) is 0 Å². The van der Waals surface area contributed by atoms with E-state index in [2.05, 4.69) is 0 Å². The van der Waals surface area contributed by atoms with E-state index >= 15 is 0 Å². The van der Waals surface area contributed by atoms with E-state index < -0.39 is 7.25 Å². The number of carbonyl (C=O) groups is 1. The standard InChI is InChI=1S/C18H16NO2.BF4/c1-13-16(17(20)14-9-5-3-6-10-14)18(21-19(13)2)15-11-7-4-8-12-15;2-1(3,4)5/h3-12H,1-2H3;/q+1;-1. The number of aromatic nitrogens is 1. The molecule has 1 heterocycles. The number of aryl methyl sites for hydroxylation is 1. The quantitative estimate of drug-likeness (QED) is 0.294. The van der Waals surface area contributed by atoms with Gasteiger partial charge in [-0.05, 0) is 4.74 Å². The Labute approximate surface area is 148 Å². The van der Waals surface area contributed by atoms with Crippen molar-refractivity contribution in [3.05, 3.63) is 77.5 Å². The van der Waals surface area contributed by atoms with Gasteiger partial charge in [-0.1, -0.05) is 60.7 Å². The van der Waals surface area contributed by atoms with E-state index in [9.17, 15) is 22.1 Å². The summed E-state index contributed by atoms with van der Waals surface area (Å²) in [7, 11) is -4.19. The molecule has 0 aliphatic carbocycles. The third-order valence-corrected chi connectivity index (χ3v) is 3.59. The molecule has 0 spiro atoms. The Balaban J connectivity index is 0.000000431. The summed E-state index contributed by atoms with van der Waals surface area (Å²) in [6, 6.07) is 19.0. The van der Waals surface area contributed by atoms with Crippen molar-refractivity contribution in [2.45, 2.75) is 6.92 Å². The Kier molecular flexibility index (Phi) is 5.97. The zero-order valence-electron chi connectivity index (χ0n) is 14.1. The van der Waals surface area contributed by atoms with Crippen molar-refractivity contribution in [1.82, 2.24) is 0 Å². The second kappa shape index (κ2) is 7.99. The fourth-order valence-corrected chi connectivity index (χ4v) is 2.36. The van der Waals surface area contributed by atoms with Crippen LogP contribution in [0.5, 0.6) is 0 Å². The van der Waals surface area contributed by atoms with E-state index in [1.54, 1.807) is 4.74 Å². The molecule has 2 aromatic carbocycles. The second-order valence-corrected chi connectivity index (χ2v) is 5.43. The number of nitrogens with zero attached hydrogens (tertiary/aromatic N) is 1. The van der Waals surface area contributed by atoms with Crippen LogP contribution in [0.15, 0.2) is 65.2 Å². The smallest absolute Gasteiger partial charge is 0.418 e. The lowest BCUT2D eigenvalue weighted by Crippen LogP contribution is -2.28. The molecule has 0 aliphatic rings. The molecule has 8 heteroatoms. The molecule has 0 bridgehead atoms. The van der Waals surface area contributed by atoms with Gasteiger partial charge in [0, 0.05) is 18.1 Å². The molecule has 136 valence electrons. The minimum atomic E-state index is -6.00. The topological polar surface area (TPSA) is 34.1 Å². The lowest BCUT2D eigenvalue weighted by molar-refractivity contribution is -0.847. The molecule has 0 radical (unpaired) electrons. The van der Waals surface area contributed by atoms with Crippen molar-refractivity contribution < 1.29 is 31.3 Å². The maximum Gasteiger partial charge on any atom is 0.673 e. The summed E-state index contributed by atoms with van der Waals surface area (Å²) in [6.07, 6.45) is 0. The minimum Gasteiger partial charge on any atom is -0.418 e. The molecule has 0 amide bonds. The van der Waals surface area contributed by atoms with Crippen LogP contribution in [0.3, 0.4) is 0 Å². The number of hydrogen-bond donors (Lipinski definition) is 0. The minimum absolute atomic E-state index is 0.0173. The van der Waals surface area contributed by atoms with Gasteiger partial charge in [-0.25, -0.2) is 4.52 Å². The number of carbonyl (C=O) groups excluding carboxylic acids is 1. The van der Waals surface area contributed by atoms with Crippen LogP contribution in [-0.2, 0) is 7.05 Å². The third kappa shape index (κ3) is 5.05. The van der Waals surface area contributed by atoms with Gasteiger partial charge in [0.25, 0.3) is 0 Å². The van der Waals surface area contributed by atoms with Gasteiger partial charge in [-0.2, -0.15) is 0 Å². The van der Waals surface area contributed by atoms with Crippen molar-refractivity contribution in [2.75, 3.05) is 0 Å². The van der Waals surface area contributed by atoms with Gasteiger partial charge in [-0.15, -0.1) is 0 Å². The molecule has 26 heavy (non-hydrogen) atoms. The predicted molar refractivity (Wildman–Crippen MR) is 90.1 cm³/mol. The Morgan fingerprint density at radius 2 is 1.38 bits per heavy atom. The number of benzene rings is 2. The predicted octanol–water partition coefficient (Wildman–Crippen LogP) is 4.61. The van der Waals surface area contributed by atoms with Crippen molar-refractivity contribution >= 4 is 13.0 Å². The van der Waals surface area contributed by atoms with E-state index in [0.717, 1.165) is 11.3 Å². The normalized spacial score (nSPS) is 10.8. The Bertz CT molecular complexity index is 871. The van der Waals surface area contributed by atoms with E-state index in [-0.39, 0.29) is 5.78 Å². The fraction of sp³-hybridized carbons (Fsp3) is 0.111. The molecule has 1 aromatic heterocycles. The number of halogens is 4. The van der Waals surface area contributed by atoms with Crippen LogP contribution in [0.1, 0.15) is 21.6 Å². The molecule has 0 atom stereocenters. The molecule has 0 saturated carbocycles. The first kappa shape index (κ1) is 19.4. The highest BCUT2D eigenvalue weighted by molar-refractivity contribution is 6.50. The Morgan fingerprint density at radius 3 is 1.88 bits per heavy atom. The lowest BCUT2D eigenvalue weighted by Gasteiger charge is -1.99. The molecular weight excluding hydrogens is 349 g/mol. The van der Waals surface area contributed by atoms with Crippen LogP contribution in [0, 0.1) is 6.92 Å². The lowest BCUT2D eigenvalue weighted by atomic mass is 9.98. The van der Waals surface area contributed by atoms with Crippen LogP contribution in [-0.4, -0.2) is 13.0 Å². The van der Waals surface area contributed by atoms with Gasteiger partial charge in [0.1, 0.15) is 5.56 Å². The van der Waals surface area contributed by atoms with Crippen molar-refractivity contribution in [1.29, 1.82) is 0 Å². The van der Waals surface area contributed by atoms with Crippen molar-refractivity contribution in [3.63, 3.8) is 0 Å². The summed E-state index contributed by atoms with van der Waals surface area (Å²) in [5, 5.41) is 0. The van der Waals surface area contributed by atoms with Crippen LogP contribution < -0.4 is 4.74 Å². The third-order valence-electron chi connectivity index (χ3n) is 3.59. The van der Waals surface area contributed by atoms with Crippen LogP contribution in [0.4, 0.5) is 17.3 Å². The van der Waals surface area contributed by atoms with Crippen molar-refractivity contribution in [3.8, 4) is 11.3 Å². The van der Waals surface area contributed by atoms with Gasteiger partial charge in [0.05, 0.1) is 0 Å². The van der Waals surface area contributed by atoms with Gasteiger partial charge < -0.3 is 17.3 Å². The largest absolute Gasteiger partial charge is 0.673 e. The highest BCUT2D eigenvalue weighted by Gasteiger charge is 2.29. The molecule has 0 unspecified atom stereocenters. The highest BCUT2D eigenvalue weighted by atomic mass is 19.5. The zero-order valence-corrected chi connectivity index (χ0v) is 14.1. The van der Waals surface area contributed by atoms with E-state index in [0.29, 0.717) is 16.9 Å². The van der Waals surface area contributed by atoms with E-state index in [1.807, 2.05) is 74.6 Å². The van der Waals surface area contributed by atoms with Crippen LogP contribution in [0.25, 0.3) is 11.3 Å². The maximum atomic E-state index is 12.8. The molecule has 0 N–H and O–H groups in total. The van der Waals surface area contributed by atoms with Gasteiger partial charge >= 0.3 is 7.25 Å². The average molecular weight is 365 g/mol. The molecular formula is C18H16BF4NO2. The second-order valence-electron chi connectivity index (χ2n) is 5.43. The zero-order chi connectivity index (χ0) is 19.3. The van der Waals surface area contributed by atoms with Gasteiger partial charge in [0.15, 0.2) is 7.05 Å². The SMILES string of the molecule is Cc1c(C(=O)c2ccccc2)c(-c2ccccc2)o[n+]1C.F[B-](F)(F)F. The molecule has 0 fully saturated rings. The Hall–Kier alpha value is -2.90. The van der Waals surface area contributed by atoms with Crippen LogP contribution in [0.2, 0.25) is 0 Å². The average Bonchev–Trinajstić information content (AvgIpc) is 2.90. The summed E-state index contributed by atoms with van der Waals surface area (Å²) in [6.45, 7) is 1.89. The summed E-state index contributed by atoms with van der Waals surface area (Å²) in [5.41, 5.74) is 3.01. The molecule has 0 aliphatic heterocycles. The number of ketones is 1. The van der Waals surface area contributed by atoms with Gasteiger partial charge in [-0.3, -0.25) is 4.79 Å². The number of rotatable bonds is 3. The summed E-state index contributed by atoms with van der Waals surface area (Å²) < 4.78 is 46.4. The molecule has 3 aromatic rings. The maximum absolute atomic E-state index is 12.8. The molecule has 3 rings (SSSR count). The summed E-state index contributed by atoms with van der Waals surface area (Å²) in [5.74, 6) is 0.598. The molecule has 0 saturated heterocycles. The monoisotopic (exact) mass is 365 g/mol. The van der Waals surface area contributed by atoms with E-state index in [4.69, 9.17) is 4.52 Å². The first-order valence-electron chi connectivity index (χ1n) is 7.71. The Morgan fingerprint density at radius 1 is 0.923 bits per heavy atom. The van der Waals surface area contributed by atoms with Crippen molar-refractivity contribution in [2.24, 2.45) is 7.05 Å². The molecule has 3 nitrogen and oxygen atoms in total. The summed E-state index contributed by atoms with van der Waals surface area (Å²) in [4.78, 5) is 12.8.